The van der Waals surface area contributed by atoms with E-state index in [1.165, 1.54) is 12.8 Å². The third-order valence-corrected chi connectivity index (χ3v) is 5.51. The lowest BCUT2D eigenvalue weighted by Gasteiger charge is -2.23. The molecule has 1 unspecified atom stereocenters. The number of hydrogen-bond acceptors (Lipinski definition) is 4. The maximum absolute atomic E-state index is 6.30. The number of ether oxygens (including phenoxy) is 3. The van der Waals surface area contributed by atoms with Crippen molar-refractivity contribution in [2.45, 2.75) is 44.8 Å². The van der Waals surface area contributed by atoms with Crippen LogP contribution in [0.4, 0.5) is 0 Å². The van der Waals surface area contributed by atoms with Crippen LogP contribution in [0.15, 0.2) is 23.2 Å². The zero-order valence-electron chi connectivity index (χ0n) is 16.9. The first-order chi connectivity index (χ1) is 13.2. The van der Waals surface area contributed by atoms with Gasteiger partial charge in [-0.3, -0.25) is 4.99 Å². The highest BCUT2D eigenvalue weighted by molar-refractivity contribution is 5.80. The van der Waals surface area contributed by atoms with Crippen molar-refractivity contribution in [3.8, 4) is 11.5 Å². The second-order valence-corrected chi connectivity index (χ2v) is 7.45. The summed E-state index contributed by atoms with van der Waals surface area (Å²) < 4.78 is 17.0. The molecule has 0 amide bonds. The largest absolute Gasteiger partial charge is 0.497 e. The normalized spacial score (nSPS) is 20.9. The van der Waals surface area contributed by atoms with E-state index >= 15 is 0 Å². The molecule has 0 aromatic heterocycles. The number of nitrogens with one attached hydrogen (secondary N) is 1. The molecule has 0 bridgehead atoms. The quantitative estimate of drug-likeness (QED) is 0.586. The molecule has 1 heterocycles. The Bertz CT molecular complexity index is 629. The predicted molar refractivity (Wildman–Crippen MR) is 108 cm³/mol. The highest BCUT2D eigenvalue weighted by Crippen LogP contribution is 2.30. The molecule has 1 saturated carbocycles. The summed E-state index contributed by atoms with van der Waals surface area (Å²) in [7, 11) is 5.31. The molecule has 2 fully saturated rings. The standard InChI is InChI=1S/C21H33N3O3/c1-22-21(24-11-10-16(14-24)15-25-2)23-13-17-8-9-19(26-3)12-20(17)27-18-6-4-5-7-18/h8-9,12,16,18H,4-7,10-11,13-15H2,1-3H3,(H,22,23). The molecule has 1 aliphatic heterocycles. The van der Waals surface area contributed by atoms with Gasteiger partial charge in [0.25, 0.3) is 0 Å². The summed E-state index contributed by atoms with van der Waals surface area (Å²) in [5.41, 5.74) is 1.14. The van der Waals surface area contributed by atoms with Crippen LogP contribution in [-0.4, -0.2) is 57.9 Å². The summed E-state index contributed by atoms with van der Waals surface area (Å²) in [5, 5.41) is 3.51. The van der Waals surface area contributed by atoms with Crippen molar-refractivity contribution in [1.29, 1.82) is 0 Å². The number of nitrogens with zero attached hydrogens (tertiary/aromatic N) is 2. The number of aliphatic imine (C=N–C) groups is 1. The van der Waals surface area contributed by atoms with Crippen molar-refractivity contribution in [1.82, 2.24) is 10.2 Å². The molecular formula is C21H33N3O3. The first kappa shape index (κ1) is 19.8. The predicted octanol–water partition coefficient (Wildman–Crippen LogP) is 3.06. The van der Waals surface area contributed by atoms with Crippen LogP contribution in [0.2, 0.25) is 0 Å². The molecule has 1 aromatic carbocycles. The van der Waals surface area contributed by atoms with Crippen molar-refractivity contribution in [2.24, 2.45) is 10.9 Å². The Morgan fingerprint density at radius 2 is 2.04 bits per heavy atom. The van der Waals surface area contributed by atoms with Crippen LogP contribution in [0.1, 0.15) is 37.7 Å². The fourth-order valence-corrected chi connectivity index (χ4v) is 4.01. The summed E-state index contributed by atoms with van der Waals surface area (Å²) in [6.45, 7) is 3.50. The van der Waals surface area contributed by atoms with Crippen molar-refractivity contribution >= 4 is 5.96 Å². The molecule has 1 saturated heterocycles. The van der Waals surface area contributed by atoms with Gasteiger partial charge in [0.1, 0.15) is 11.5 Å². The van der Waals surface area contributed by atoms with E-state index in [9.17, 15) is 0 Å². The molecule has 1 N–H and O–H groups in total. The number of likely N-dealkylation sites (tertiary alicyclic amines) is 1. The summed E-state index contributed by atoms with van der Waals surface area (Å²) in [4.78, 5) is 6.78. The van der Waals surface area contributed by atoms with Crippen LogP contribution >= 0.6 is 0 Å². The fraction of sp³-hybridized carbons (Fsp3) is 0.667. The van der Waals surface area contributed by atoms with E-state index in [4.69, 9.17) is 14.2 Å². The van der Waals surface area contributed by atoms with Gasteiger partial charge in [-0.05, 0) is 44.2 Å². The van der Waals surface area contributed by atoms with Gasteiger partial charge in [-0.25, -0.2) is 0 Å². The van der Waals surface area contributed by atoms with Crippen LogP contribution < -0.4 is 14.8 Å². The Morgan fingerprint density at radius 3 is 2.74 bits per heavy atom. The third kappa shape index (κ3) is 5.28. The van der Waals surface area contributed by atoms with Gasteiger partial charge in [-0.2, -0.15) is 0 Å². The molecule has 27 heavy (non-hydrogen) atoms. The van der Waals surface area contributed by atoms with Crippen LogP contribution in [0.5, 0.6) is 11.5 Å². The summed E-state index contributed by atoms with van der Waals surface area (Å²) in [5.74, 6) is 3.27. The number of hydrogen-bond donors (Lipinski definition) is 1. The SMILES string of the molecule is CN=C(NCc1ccc(OC)cc1OC1CCCC1)N1CCC(COC)C1. The summed E-state index contributed by atoms with van der Waals surface area (Å²) >= 11 is 0. The van der Waals surface area contributed by atoms with E-state index < -0.39 is 0 Å². The van der Waals surface area contributed by atoms with Crippen molar-refractivity contribution in [2.75, 3.05) is 41.0 Å². The van der Waals surface area contributed by atoms with Gasteiger partial charge in [0, 0.05) is 51.3 Å². The second kappa shape index (κ2) is 9.83. The smallest absolute Gasteiger partial charge is 0.193 e. The second-order valence-electron chi connectivity index (χ2n) is 7.45. The molecule has 2 aliphatic rings. The zero-order chi connectivity index (χ0) is 19.1. The lowest BCUT2D eigenvalue weighted by molar-refractivity contribution is 0.157. The Labute approximate surface area is 162 Å². The molecule has 1 atom stereocenters. The van der Waals surface area contributed by atoms with Gasteiger partial charge in [0.15, 0.2) is 5.96 Å². The van der Waals surface area contributed by atoms with Gasteiger partial charge < -0.3 is 24.4 Å². The molecular weight excluding hydrogens is 342 g/mol. The molecule has 0 radical (unpaired) electrons. The molecule has 6 nitrogen and oxygen atoms in total. The molecule has 150 valence electrons. The maximum Gasteiger partial charge on any atom is 0.193 e. The van der Waals surface area contributed by atoms with Crippen molar-refractivity contribution in [3.05, 3.63) is 23.8 Å². The molecule has 1 aliphatic carbocycles. The van der Waals surface area contributed by atoms with Crippen LogP contribution in [0.25, 0.3) is 0 Å². The lowest BCUT2D eigenvalue weighted by atomic mass is 10.1. The van der Waals surface area contributed by atoms with E-state index in [1.54, 1.807) is 14.2 Å². The molecule has 0 spiro atoms. The molecule has 3 rings (SSSR count). The van der Waals surface area contributed by atoms with Crippen molar-refractivity contribution < 1.29 is 14.2 Å². The van der Waals surface area contributed by atoms with E-state index in [2.05, 4.69) is 21.3 Å². The average Bonchev–Trinajstić information content (AvgIpc) is 3.36. The number of guanidine groups is 1. The minimum absolute atomic E-state index is 0.323. The van der Waals surface area contributed by atoms with E-state index in [-0.39, 0.29) is 0 Å². The fourth-order valence-electron chi connectivity index (χ4n) is 4.01. The van der Waals surface area contributed by atoms with E-state index in [0.29, 0.717) is 18.6 Å². The molecule has 1 aromatic rings. The Hall–Kier alpha value is -1.95. The van der Waals surface area contributed by atoms with Gasteiger partial charge >= 0.3 is 0 Å². The number of rotatable bonds is 7. The first-order valence-electron chi connectivity index (χ1n) is 10.0. The lowest BCUT2D eigenvalue weighted by Crippen LogP contribution is -2.40. The Kier molecular flexibility index (Phi) is 7.21. The van der Waals surface area contributed by atoms with Gasteiger partial charge in [0.05, 0.1) is 19.8 Å². The number of benzene rings is 1. The Balaban J connectivity index is 1.63. The van der Waals surface area contributed by atoms with Gasteiger partial charge in [0.2, 0.25) is 0 Å². The minimum atomic E-state index is 0.323. The van der Waals surface area contributed by atoms with Crippen LogP contribution in [-0.2, 0) is 11.3 Å². The highest BCUT2D eigenvalue weighted by atomic mass is 16.5. The van der Waals surface area contributed by atoms with Crippen LogP contribution in [0.3, 0.4) is 0 Å². The summed E-state index contributed by atoms with van der Waals surface area (Å²) in [6.07, 6.45) is 6.26. The van der Waals surface area contributed by atoms with E-state index in [1.807, 2.05) is 19.2 Å². The Morgan fingerprint density at radius 1 is 1.22 bits per heavy atom. The monoisotopic (exact) mass is 375 g/mol. The van der Waals surface area contributed by atoms with Gasteiger partial charge in [-0.15, -0.1) is 0 Å². The summed E-state index contributed by atoms with van der Waals surface area (Å²) in [6, 6.07) is 6.08. The zero-order valence-corrected chi connectivity index (χ0v) is 16.9. The van der Waals surface area contributed by atoms with Crippen LogP contribution in [0, 0.1) is 5.92 Å². The molecule has 6 heteroatoms. The average molecular weight is 376 g/mol. The van der Waals surface area contributed by atoms with Gasteiger partial charge in [-0.1, -0.05) is 0 Å². The number of methoxy groups -OCH3 is 2. The maximum atomic E-state index is 6.30. The van der Waals surface area contributed by atoms with Crippen molar-refractivity contribution in [3.63, 3.8) is 0 Å². The van der Waals surface area contributed by atoms with E-state index in [0.717, 1.165) is 62.0 Å². The highest BCUT2D eigenvalue weighted by Gasteiger charge is 2.25. The minimum Gasteiger partial charge on any atom is -0.497 e. The first-order valence-corrected chi connectivity index (χ1v) is 10.0. The topological polar surface area (TPSA) is 55.3 Å². The third-order valence-electron chi connectivity index (χ3n) is 5.51.